The Kier molecular flexibility index (Phi) is 4.80. The zero-order valence-electron chi connectivity index (χ0n) is 13.6. The highest BCUT2D eigenvalue weighted by molar-refractivity contribution is 7.81. The first-order chi connectivity index (χ1) is 11.5. The summed E-state index contributed by atoms with van der Waals surface area (Å²) in [6.45, 7) is 3.98. The number of anilines is 3. The lowest BCUT2D eigenvalue weighted by Crippen LogP contribution is -2.36. The fourth-order valence-electron chi connectivity index (χ4n) is 2.78. The number of nitrogens with zero attached hydrogens (tertiary/aromatic N) is 2. The third-order valence-electron chi connectivity index (χ3n) is 4.28. The van der Waals surface area contributed by atoms with Crippen LogP contribution in [0.15, 0.2) is 35.1 Å². The van der Waals surface area contributed by atoms with E-state index >= 15 is 0 Å². The molecule has 0 saturated carbocycles. The Balaban J connectivity index is 1.82. The Morgan fingerprint density at radius 1 is 1.33 bits per heavy atom. The molecule has 1 aromatic heterocycles. The normalized spacial score (nSPS) is 15.3. The van der Waals surface area contributed by atoms with E-state index in [-0.39, 0.29) is 21.9 Å². The third-order valence-corrected chi connectivity index (χ3v) is 4.58. The molecule has 1 fully saturated rings. The summed E-state index contributed by atoms with van der Waals surface area (Å²) in [5, 5.41) is 3.02. The standard InChI is InChI=1S/C17H21N5OS/c1-11-7-9-22(10-8-11)17-20-14(18)13(15(23)21-17)16(24)19-12-5-3-2-4-6-12/h2-6,11H,7-10H2,1H3,(H,19,24)(H3,18,20,21,23). The van der Waals surface area contributed by atoms with Gasteiger partial charge in [0.25, 0.3) is 5.56 Å². The molecule has 7 heteroatoms. The van der Waals surface area contributed by atoms with Crippen LogP contribution < -0.4 is 21.5 Å². The van der Waals surface area contributed by atoms with Gasteiger partial charge in [-0.2, -0.15) is 4.98 Å². The van der Waals surface area contributed by atoms with Gasteiger partial charge in [0.15, 0.2) is 0 Å². The fraction of sp³-hybridized carbons (Fsp3) is 0.353. The van der Waals surface area contributed by atoms with Crippen LogP contribution in [0.3, 0.4) is 0 Å². The molecule has 0 amide bonds. The molecule has 0 bridgehead atoms. The number of hydrogen-bond donors (Lipinski definition) is 3. The molecule has 0 spiro atoms. The monoisotopic (exact) mass is 343 g/mol. The van der Waals surface area contributed by atoms with Crippen molar-refractivity contribution < 1.29 is 0 Å². The van der Waals surface area contributed by atoms with Crippen molar-refractivity contribution in [2.45, 2.75) is 19.8 Å². The lowest BCUT2D eigenvalue weighted by Gasteiger charge is -2.30. The highest BCUT2D eigenvalue weighted by Gasteiger charge is 2.20. The molecule has 2 heterocycles. The van der Waals surface area contributed by atoms with Crippen molar-refractivity contribution in [3.63, 3.8) is 0 Å². The van der Waals surface area contributed by atoms with Crippen LogP contribution >= 0.6 is 12.2 Å². The minimum Gasteiger partial charge on any atom is -0.383 e. The van der Waals surface area contributed by atoms with Crippen LogP contribution in [-0.2, 0) is 0 Å². The lowest BCUT2D eigenvalue weighted by atomic mass is 10.00. The second-order valence-corrected chi connectivity index (χ2v) is 6.55. The molecule has 1 aliphatic rings. The number of piperidine rings is 1. The average molecular weight is 343 g/mol. The third kappa shape index (κ3) is 3.56. The van der Waals surface area contributed by atoms with E-state index < -0.39 is 0 Å². The molecule has 3 rings (SSSR count). The molecule has 1 aromatic carbocycles. The summed E-state index contributed by atoms with van der Waals surface area (Å²) in [6.07, 6.45) is 2.17. The SMILES string of the molecule is CC1CCN(c2nc(N)c(C(=S)Nc3ccccc3)c(=O)[nH]2)CC1. The summed E-state index contributed by atoms with van der Waals surface area (Å²) in [6, 6.07) is 9.42. The number of nitrogen functional groups attached to an aromatic ring is 1. The molecule has 1 aliphatic heterocycles. The largest absolute Gasteiger partial charge is 0.383 e. The first kappa shape index (κ1) is 16.4. The number of benzene rings is 1. The minimum atomic E-state index is -0.315. The summed E-state index contributed by atoms with van der Waals surface area (Å²) < 4.78 is 0. The minimum absolute atomic E-state index is 0.154. The van der Waals surface area contributed by atoms with Gasteiger partial charge >= 0.3 is 0 Å². The molecule has 126 valence electrons. The topological polar surface area (TPSA) is 87.0 Å². The highest BCUT2D eigenvalue weighted by atomic mass is 32.1. The summed E-state index contributed by atoms with van der Waals surface area (Å²) in [4.78, 5) is 22.0. The predicted octanol–water partition coefficient (Wildman–Crippen LogP) is 2.38. The van der Waals surface area contributed by atoms with E-state index in [9.17, 15) is 4.79 Å². The molecule has 2 aromatic rings. The van der Waals surface area contributed by atoms with Gasteiger partial charge in [0.05, 0.1) is 0 Å². The number of thiocarbonyl (C=S) groups is 1. The summed E-state index contributed by atoms with van der Waals surface area (Å²) >= 11 is 5.33. The van der Waals surface area contributed by atoms with Crippen LogP contribution in [0.5, 0.6) is 0 Å². The van der Waals surface area contributed by atoms with Gasteiger partial charge in [-0.15, -0.1) is 0 Å². The van der Waals surface area contributed by atoms with Crippen molar-refractivity contribution in [1.82, 2.24) is 9.97 Å². The number of nitrogens with one attached hydrogen (secondary N) is 2. The van der Waals surface area contributed by atoms with E-state index in [0.29, 0.717) is 11.9 Å². The van der Waals surface area contributed by atoms with Crippen molar-refractivity contribution in [2.75, 3.05) is 29.0 Å². The van der Waals surface area contributed by atoms with E-state index in [0.717, 1.165) is 31.6 Å². The van der Waals surface area contributed by atoms with Gasteiger partial charge in [-0.3, -0.25) is 9.78 Å². The van der Waals surface area contributed by atoms with Crippen LogP contribution in [0, 0.1) is 5.92 Å². The molecule has 0 unspecified atom stereocenters. The molecular formula is C17H21N5OS. The van der Waals surface area contributed by atoms with Crippen LogP contribution in [-0.4, -0.2) is 28.0 Å². The number of aromatic amines is 1. The highest BCUT2D eigenvalue weighted by Crippen LogP contribution is 2.20. The van der Waals surface area contributed by atoms with Gasteiger partial charge in [0.2, 0.25) is 5.95 Å². The summed E-state index contributed by atoms with van der Waals surface area (Å²) in [5.41, 5.74) is 6.72. The van der Waals surface area contributed by atoms with E-state index in [2.05, 4.69) is 27.1 Å². The number of rotatable bonds is 3. The zero-order valence-corrected chi connectivity index (χ0v) is 14.4. The van der Waals surface area contributed by atoms with Crippen LogP contribution in [0.1, 0.15) is 25.3 Å². The number of aromatic nitrogens is 2. The summed E-state index contributed by atoms with van der Waals surface area (Å²) in [7, 11) is 0. The van der Waals surface area contributed by atoms with Crippen LogP contribution in [0.4, 0.5) is 17.5 Å². The van der Waals surface area contributed by atoms with Gasteiger partial charge in [0, 0.05) is 18.8 Å². The maximum atomic E-state index is 12.5. The molecule has 0 radical (unpaired) electrons. The maximum absolute atomic E-state index is 12.5. The second kappa shape index (κ2) is 7.00. The lowest BCUT2D eigenvalue weighted by molar-refractivity contribution is 0.434. The van der Waals surface area contributed by atoms with Crippen LogP contribution in [0.2, 0.25) is 0 Å². The smallest absolute Gasteiger partial charge is 0.264 e. The van der Waals surface area contributed by atoms with Gasteiger partial charge < -0.3 is 16.0 Å². The van der Waals surface area contributed by atoms with E-state index in [1.165, 1.54) is 0 Å². The van der Waals surface area contributed by atoms with Crippen molar-refractivity contribution in [2.24, 2.45) is 5.92 Å². The molecule has 6 nitrogen and oxygen atoms in total. The van der Waals surface area contributed by atoms with Crippen LogP contribution in [0.25, 0.3) is 0 Å². The van der Waals surface area contributed by atoms with Gasteiger partial charge in [-0.25, -0.2) is 0 Å². The van der Waals surface area contributed by atoms with Crippen molar-refractivity contribution in [3.05, 3.63) is 46.2 Å². The Bertz CT molecular complexity index is 781. The van der Waals surface area contributed by atoms with Gasteiger partial charge in [-0.1, -0.05) is 37.3 Å². The zero-order chi connectivity index (χ0) is 17.1. The Morgan fingerprint density at radius 3 is 2.62 bits per heavy atom. The fourth-order valence-corrected chi connectivity index (χ4v) is 3.10. The van der Waals surface area contributed by atoms with Gasteiger partial charge in [0.1, 0.15) is 16.4 Å². The van der Waals surface area contributed by atoms with E-state index in [1.807, 2.05) is 30.3 Å². The Labute approximate surface area is 146 Å². The molecular weight excluding hydrogens is 322 g/mol. The molecule has 24 heavy (non-hydrogen) atoms. The van der Waals surface area contributed by atoms with Crippen molar-refractivity contribution >= 4 is 34.7 Å². The molecule has 0 aliphatic carbocycles. The second-order valence-electron chi connectivity index (χ2n) is 6.14. The quantitative estimate of drug-likeness (QED) is 0.742. The van der Waals surface area contributed by atoms with E-state index in [1.54, 1.807) is 0 Å². The number of H-pyrrole nitrogens is 1. The van der Waals surface area contributed by atoms with Crippen molar-refractivity contribution in [3.8, 4) is 0 Å². The summed E-state index contributed by atoms with van der Waals surface area (Å²) in [5.74, 6) is 1.38. The Hall–Kier alpha value is -2.41. The maximum Gasteiger partial charge on any atom is 0.264 e. The Morgan fingerprint density at radius 2 is 2.00 bits per heavy atom. The van der Waals surface area contributed by atoms with E-state index in [4.69, 9.17) is 18.0 Å². The number of nitrogens with two attached hydrogens (primary N) is 1. The average Bonchev–Trinajstić information content (AvgIpc) is 2.55. The first-order valence-corrected chi connectivity index (χ1v) is 8.46. The number of hydrogen-bond acceptors (Lipinski definition) is 5. The molecule has 0 atom stereocenters. The predicted molar refractivity (Wildman–Crippen MR) is 102 cm³/mol. The molecule has 4 N–H and O–H groups in total. The number of para-hydroxylation sites is 1. The molecule has 1 saturated heterocycles. The first-order valence-electron chi connectivity index (χ1n) is 8.05. The van der Waals surface area contributed by atoms with Gasteiger partial charge in [-0.05, 0) is 30.9 Å². The van der Waals surface area contributed by atoms with Crippen molar-refractivity contribution in [1.29, 1.82) is 0 Å².